The van der Waals surface area contributed by atoms with Crippen LogP contribution < -0.4 is 5.30 Å². The number of pyridine rings is 1. The number of hydrogen-bond donors (Lipinski definition) is 0. The standard InChI is InChI=1S/C36H44NO6P/c1-5-22-36(39-4,31-13-9-8-10-14-31)33-21-20-29-24-30(25-32(35(29)37-33)44(38,42-6-2)43-7-3)28-18-16-27(17-19-28)26-41-34-15-11-12-23-40-34/h8-10,13-14,16-21,24-25,34H,5-7,11-12,15,22-23,26H2,1-4H3. The zero-order valence-electron chi connectivity index (χ0n) is 26.3. The number of fused-ring (bicyclic) bond motifs is 1. The van der Waals surface area contributed by atoms with Crippen molar-refractivity contribution in [1.82, 2.24) is 4.98 Å². The summed E-state index contributed by atoms with van der Waals surface area (Å²) in [5, 5.41) is 1.30. The summed E-state index contributed by atoms with van der Waals surface area (Å²) in [6.45, 7) is 7.51. The number of rotatable bonds is 14. The van der Waals surface area contributed by atoms with Crippen LogP contribution in [0.4, 0.5) is 0 Å². The molecule has 4 aromatic rings. The topological polar surface area (TPSA) is 76.1 Å². The van der Waals surface area contributed by atoms with E-state index in [-0.39, 0.29) is 19.5 Å². The SMILES string of the molecule is CCCC(OC)(c1ccccc1)c1ccc2cc(-c3ccc(COC4CCCCO4)cc3)cc(P(=O)(OCC)OCC)c2n1. The van der Waals surface area contributed by atoms with E-state index in [0.29, 0.717) is 17.4 Å². The van der Waals surface area contributed by atoms with Crippen molar-refractivity contribution in [3.05, 3.63) is 95.7 Å². The van der Waals surface area contributed by atoms with Gasteiger partial charge in [-0.3, -0.25) is 4.57 Å². The van der Waals surface area contributed by atoms with Gasteiger partial charge in [-0.1, -0.05) is 74.0 Å². The second kappa shape index (κ2) is 14.9. The molecule has 0 bridgehead atoms. The number of hydrogen-bond acceptors (Lipinski definition) is 7. The molecule has 3 aromatic carbocycles. The number of methoxy groups -OCH3 is 1. The third kappa shape index (κ3) is 6.99. The lowest BCUT2D eigenvalue weighted by atomic mass is 9.85. The Hall–Kier alpha value is -2.90. The van der Waals surface area contributed by atoms with Gasteiger partial charge in [-0.25, -0.2) is 4.98 Å². The number of benzene rings is 3. The average molecular weight is 618 g/mol. The fourth-order valence-corrected chi connectivity index (χ4v) is 7.73. The molecule has 8 heteroatoms. The minimum absolute atomic E-state index is 0.133. The van der Waals surface area contributed by atoms with Crippen LogP contribution in [0.25, 0.3) is 22.0 Å². The first-order valence-corrected chi connectivity index (χ1v) is 17.3. The van der Waals surface area contributed by atoms with Gasteiger partial charge in [-0.2, -0.15) is 0 Å². The molecule has 7 nitrogen and oxygen atoms in total. The van der Waals surface area contributed by atoms with Crippen molar-refractivity contribution in [2.24, 2.45) is 0 Å². The molecule has 0 aliphatic carbocycles. The lowest BCUT2D eigenvalue weighted by molar-refractivity contribution is -0.168. The summed E-state index contributed by atoms with van der Waals surface area (Å²) in [7, 11) is -1.98. The van der Waals surface area contributed by atoms with E-state index in [0.717, 1.165) is 72.0 Å². The summed E-state index contributed by atoms with van der Waals surface area (Å²) in [5.41, 5.74) is 4.55. The van der Waals surface area contributed by atoms with E-state index in [1.54, 1.807) is 7.11 Å². The smallest absolute Gasteiger partial charge is 0.363 e. The Labute approximate surface area is 261 Å². The Bertz CT molecular complexity index is 1540. The zero-order valence-corrected chi connectivity index (χ0v) is 27.2. The van der Waals surface area contributed by atoms with Gasteiger partial charge >= 0.3 is 7.60 Å². The van der Waals surface area contributed by atoms with Gasteiger partial charge in [0.15, 0.2) is 6.29 Å². The predicted molar refractivity (Wildman–Crippen MR) is 175 cm³/mol. The Kier molecular flexibility index (Phi) is 11.0. The molecule has 0 amide bonds. The van der Waals surface area contributed by atoms with Crippen molar-refractivity contribution in [2.75, 3.05) is 26.9 Å². The van der Waals surface area contributed by atoms with E-state index < -0.39 is 13.2 Å². The minimum Gasteiger partial charge on any atom is -0.367 e. The number of ether oxygens (including phenoxy) is 3. The van der Waals surface area contributed by atoms with Gasteiger partial charge in [0.2, 0.25) is 0 Å². The molecule has 2 atom stereocenters. The molecular formula is C36H44NO6P. The Morgan fingerprint density at radius 2 is 1.66 bits per heavy atom. The molecule has 1 aliphatic heterocycles. The van der Waals surface area contributed by atoms with Crippen molar-refractivity contribution in [3.63, 3.8) is 0 Å². The maximum absolute atomic E-state index is 14.4. The van der Waals surface area contributed by atoms with Crippen LogP contribution in [0.15, 0.2) is 78.9 Å². The summed E-state index contributed by atoms with van der Waals surface area (Å²) in [4.78, 5) is 5.18. The van der Waals surface area contributed by atoms with Crippen LogP contribution in [-0.4, -0.2) is 38.2 Å². The van der Waals surface area contributed by atoms with Gasteiger partial charge in [0.25, 0.3) is 0 Å². The highest BCUT2D eigenvalue weighted by Gasteiger charge is 2.37. The maximum Gasteiger partial charge on any atom is 0.363 e. The molecular weight excluding hydrogens is 573 g/mol. The first kappa shape index (κ1) is 32.5. The molecule has 0 N–H and O–H groups in total. The van der Waals surface area contributed by atoms with Gasteiger partial charge < -0.3 is 23.3 Å². The molecule has 1 aromatic heterocycles. The highest BCUT2D eigenvalue weighted by Crippen LogP contribution is 2.49. The second-order valence-electron chi connectivity index (χ2n) is 11.0. The molecule has 0 radical (unpaired) electrons. The molecule has 1 saturated heterocycles. The van der Waals surface area contributed by atoms with Crippen LogP contribution in [0.1, 0.15) is 69.7 Å². The average Bonchev–Trinajstić information content (AvgIpc) is 3.07. The van der Waals surface area contributed by atoms with Crippen LogP contribution in [0.5, 0.6) is 0 Å². The Balaban J connectivity index is 1.59. The number of aromatic nitrogens is 1. The monoisotopic (exact) mass is 617 g/mol. The van der Waals surface area contributed by atoms with E-state index in [9.17, 15) is 4.57 Å². The van der Waals surface area contributed by atoms with Crippen molar-refractivity contribution in [3.8, 4) is 11.1 Å². The van der Waals surface area contributed by atoms with Crippen LogP contribution in [-0.2, 0) is 40.0 Å². The highest BCUT2D eigenvalue weighted by molar-refractivity contribution is 7.62. The van der Waals surface area contributed by atoms with Crippen molar-refractivity contribution in [2.45, 2.75) is 71.4 Å². The largest absolute Gasteiger partial charge is 0.367 e. The molecule has 5 rings (SSSR count). The quantitative estimate of drug-likeness (QED) is 0.131. The lowest BCUT2D eigenvalue weighted by Gasteiger charge is -2.33. The summed E-state index contributed by atoms with van der Waals surface area (Å²) in [5.74, 6) is 0. The van der Waals surface area contributed by atoms with Gasteiger partial charge in [0.05, 0.1) is 36.3 Å². The first-order valence-electron chi connectivity index (χ1n) is 15.7. The fourth-order valence-electron chi connectivity index (χ4n) is 5.96. The van der Waals surface area contributed by atoms with Gasteiger partial charge in [-0.15, -0.1) is 0 Å². The first-order chi connectivity index (χ1) is 21.5. The molecule has 0 saturated carbocycles. The van der Waals surface area contributed by atoms with E-state index in [1.165, 1.54) is 0 Å². The third-order valence-electron chi connectivity index (χ3n) is 8.13. The molecule has 44 heavy (non-hydrogen) atoms. The summed E-state index contributed by atoms with van der Waals surface area (Å²) in [6.07, 6.45) is 4.65. The second-order valence-corrected chi connectivity index (χ2v) is 13.0. The highest BCUT2D eigenvalue weighted by atomic mass is 31.2. The Morgan fingerprint density at radius 1 is 0.909 bits per heavy atom. The van der Waals surface area contributed by atoms with E-state index in [4.69, 9.17) is 28.2 Å². The fraction of sp³-hybridized carbons (Fsp3) is 0.417. The van der Waals surface area contributed by atoms with Crippen LogP contribution in [0, 0.1) is 0 Å². The molecule has 2 unspecified atom stereocenters. The zero-order chi connectivity index (χ0) is 31.0. The number of nitrogens with zero attached hydrogens (tertiary/aromatic N) is 1. The van der Waals surface area contributed by atoms with Gasteiger partial charge in [0.1, 0.15) is 5.60 Å². The molecule has 0 spiro atoms. The third-order valence-corrected chi connectivity index (χ3v) is 10.3. The van der Waals surface area contributed by atoms with Crippen LogP contribution in [0.2, 0.25) is 0 Å². The van der Waals surface area contributed by atoms with Gasteiger partial charge in [0, 0.05) is 19.1 Å². The summed E-state index contributed by atoms with van der Waals surface area (Å²) in [6, 6.07) is 26.4. The summed E-state index contributed by atoms with van der Waals surface area (Å²) >= 11 is 0. The normalized spacial score (nSPS) is 17.0. The molecule has 1 fully saturated rings. The van der Waals surface area contributed by atoms with Gasteiger partial charge in [-0.05, 0) is 80.0 Å². The summed E-state index contributed by atoms with van der Waals surface area (Å²) < 4.78 is 44.1. The lowest BCUT2D eigenvalue weighted by Crippen LogP contribution is -2.31. The van der Waals surface area contributed by atoms with Crippen LogP contribution in [0.3, 0.4) is 0 Å². The van der Waals surface area contributed by atoms with E-state index in [2.05, 4.69) is 49.4 Å². The Morgan fingerprint density at radius 3 is 2.30 bits per heavy atom. The van der Waals surface area contributed by atoms with E-state index in [1.807, 2.05) is 50.2 Å². The maximum atomic E-state index is 14.4. The minimum atomic E-state index is -3.71. The molecule has 1 aliphatic rings. The van der Waals surface area contributed by atoms with Crippen molar-refractivity contribution < 1.29 is 27.8 Å². The van der Waals surface area contributed by atoms with Crippen LogP contribution >= 0.6 is 7.60 Å². The van der Waals surface area contributed by atoms with Crippen molar-refractivity contribution in [1.29, 1.82) is 0 Å². The molecule has 2 heterocycles. The van der Waals surface area contributed by atoms with E-state index >= 15 is 0 Å². The van der Waals surface area contributed by atoms with Crippen molar-refractivity contribution >= 4 is 23.8 Å². The predicted octanol–water partition coefficient (Wildman–Crippen LogP) is 8.53. The molecule has 234 valence electrons.